The SMILES string of the molecule is COc1ccc(C)cc1N1C(=O)C(c2cccs2)=C(N(C)c2ccccc2)C1=O. The highest BCUT2D eigenvalue weighted by molar-refractivity contribution is 7.11. The Kier molecular flexibility index (Phi) is 4.94. The molecule has 0 atom stereocenters. The first-order valence-corrected chi connectivity index (χ1v) is 10.0. The van der Waals surface area contributed by atoms with Crippen LogP contribution in [0.2, 0.25) is 0 Å². The van der Waals surface area contributed by atoms with E-state index in [0.717, 1.165) is 16.1 Å². The monoisotopic (exact) mass is 404 g/mol. The van der Waals surface area contributed by atoms with Crippen LogP contribution >= 0.6 is 11.3 Å². The number of thiophene rings is 1. The molecule has 0 N–H and O–H groups in total. The minimum absolute atomic E-state index is 0.348. The smallest absolute Gasteiger partial charge is 0.282 e. The van der Waals surface area contributed by atoms with Gasteiger partial charge in [-0.1, -0.05) is 30.3 Å². The fourth-order valence-corrected chi connectivity index (χ4v) is 4.21. The van der Waals surface area contributed by atoms with E-state index in [1.54, 1.807) is 24.1 Å². The van der Waals surface area contributed by atoms with E-state index >= 15 is 0 Å². The fourth-order valence-electron chi connectivity index (χ4n) is 3.45. The molecule has 0 spiro atoms. The molecule has 0 bridgehead atoms. The summed E-state index contributed by atoms with van der Waals surface area (Å²) in [6.07, 6.45) is 0. The lowest BCUT2D eigenvalue weighted by Crippen LogP contribution is -2.34. The second-order valence-electron chi connectivity index (χ2n) is 6.72. The summed E-state index contributed by atoms with van der Waals surface area (Å²) in [5.74, 6) is -0.237. The number of hydrogen-bond acceptors (Lipinski definition) is 5. The maximum absolute atomic E-state index is 13.6. The maximum Gasteiger partial charge on any atom is 0.282 e. The van der Waals surface area contributed by atoms with Crippen LogP contribution in [0.1, 0.15) is 10.4 Å². The van der Waals surface area contributed by atoms with Gasteiger partial charge >= 0.3 is 0 Å². The normalized spacial score (nSPS) is 14.0. The Balaban J connectivity index is 1.89. The second-order valence-corrected chi connectivity index (χ2v) is 7.66. The van der Waals surface area contributed by atoms with Crippen molar-refractivity contribution < 1.29 is 14.3 Å². The molecule has 1 aliphatic heterocycles. The van der Waals surface area contributed by atoms with Crippen molar-refractivity contribution >= 4 is 40.1 Å². The van der Waals surface area contributed by atoms with Crippen LogP contribution in [-0.2, 0) is 9.59 Å². The van der Waals surface area contributed by atoms with Gasteiger partial charge in [0.25, 0.3) is 11.8 Å². The first-order chi connectivity index (χ1) is 14.0. The Morgan fingerprint density at radius 2 is 1.72 bits per heavy atom. The summed E-state index contributed by atoms with van der Waals surface area (Å²) >= 11 is 1.44. The van der Waals surface area contributed by atoms with Crippen LogP contribution in [0.4, 0.5) is 11.4 Å². The molecule has 1 aliphatic rings. The minimum Gasteiger partial charge on any atom is -0.495 e. The zero-order valence-corrected chi connectivity index (χ0v) is 17.2. The molecule has 0 unspecified atom stereocenters. The summed E-state index contributed by atoms with van der Waals surface area (Å²) in [4.78, 5) is 30.8. The summed E-state index contributed by atoms with van der Waals surface area (Å²) in [6, 6.07) is 18.7. The third-order valence-electron chi connectivity index (χ3n) is 4.88. The van der Waals surface area contributed by atoms with E-state index in [4.69, 9.17) is 4.74 Å². The van der Waals surface area contributed by atoms with Crippen molar-refractivity contribution in [1.82, 2.24) is 0 Å². The molecule has 0 saturated heterocycles. The van der Waals surface area contributed by atoms with Gasteiger partial charge in [-0.25, -0.2) is 4.90 Å². The lowest BCUT2D eigenvalue weighted by Gasteiger charge is -2.22. The Morgan fingerprint density at radius 1 is 0.966 bits per heavy atom. The first kappa shape index (κ1) is 19.0. The minimum atomic E-state index is -0.367. The van der Waals surface area contributed by atoms with Crippen molar-refractivity contribution in [3.8, 4) is 5.75 Å². The van der Waals surface area contributed by atoms with Gasteiger partial charge in [0.05, 0.1) is 18.4 Å². The topological polar surface area (TPSA) is 49.9 Å². The van der Waals surface area contributed by atoms with Crippen LogP contribution < -0.4 is 14.5 Å². The number of imide groups is 1. The maximum atomic E-state index is 13.6. The van der Waals surface area contributed by atoms with Gasteiger partial charge in [0.1, 0.15) is 11.4 Å². The number of nitrogens with zero attached hydrogens (tertiary/aromatic N) is 2. The van der Waals surface area contributed by atoms with Crippen LogP contribution in [0, 0.1) is 6.92 Å². The van der Waals surface area contributed by atoms with Crippen LogP contribution in [0.25, 0.3) is 5.57 Å². The molecule has 1 aromatic heterocycles. The molecule has 3 aromatic rings. The van der Waals surface area contributed by atoms with E-state index in [-0.39, 0.29) is 11.8 Å². The third-order valence-corrected chi connectivity index (χ3v) is 5.77. The first-order valence-electron chi connectivity index (χ1n) is 9.13. The molecule has 6 heteroatoms. The lowest BCUT2D eigenvalue weighted by molar-refractivity contribution is -0.120. The predicted octanol–water partition coefficient (Wildman–Crippen LogP) is 4.49. The number of para-hydroxylation sites is 1. The van der Waals surface area contributed by atoms with Gasteiger partial charge in [-0.2, -0.15) is 0 Å². The largest absolute Gasteiger partial charge is 0.495 e. The molecule has 146 valence electrons. The Labute approximate surface area is 173 Å². The lowest BCUT2D eigenvalue weighted by atomic mass is 10.1. The van der Waals surface area contributed by atoms with E-state index in [1.165, 1.54) is 23.3 Å². The van der Waals surface area contributed by atoms with Gasteiger partial charge in [-0.15, -0.1) is 11.3 Å². The predicted molar refractivity (Wildman–Crippen MR) is 116 cm³/mol. The van der Waals surface area contributed by atoms with Crippen molar-refractivity contribution in [3.63, 3.8) is 0 Å². The zero-order valence-electron chi connectivity index (χ0n) is 16.4. The molecule has 5 nitrogen and oxygen atoms in total. The standard InChI is InChI=1S/C23H20N2O3S/c1-15-11-12-18(28-3)17(14-15)25-22(26)20(19-10-7-13-29-19)21(23(25)27)24(2)16-8-5-4-6-9-16/h4-14H,1-3H3. The average Bonchev–Trinajstić information content (AvgIpc) is 3.34. The van der Waals surface area contributed by atoms with E-state index < -0.39 is 0 Å². The van der Waals surface area contributed by atoms with Crippen LogP contribution in [0.3, 0.4) is 0 Å². The average molecular weight is 404 g/mol. The van der Waals surface area contributed by atoms with E-state index in [1.807, 2.05) is 60.8 Å². The molecule has 0 saturated carbocycles. The number of benzene rings is 2. The Hall–Kier alpha value is -3.38. The molecular formula is C23H20N2O3S. The summed E-state index contributed by atoms with van der Waals surface area (Å²) in [6.45, 7) is 1.92. The molecule has 2 heterocycles. The number of carbonyl (C=O) groups excluding carboxylic acids is 2. The van der Waals surface area contributed by atoms with E-state index in [9.17, 15) is 9.59 Å². The van der Waals surface area contributed by atoms with Crippen molar-refractivity contribution in [2.24, 2.45) is 0 Å². The van der Waals surface area contributed by atoms with Crippen molar-refractivity contribution in [3.05, 3.63) is 82.2 Å². The number of hydrogen-bond donors (Lipinski definition) is 0. The van der Waals surface area contributed by atoms with E-state index in [2.05, 4.69) is 0 Å². The van der Waals surface area contributed by atoms with Gasteiger partial charge in [0.2, 0.25) is 0 Å². The molecule has 4 rings (SSSR count). The summed E-state index contributed by atoms with van der Waals surface area (Å²) < 4.78 is 5.44. The number of carbonyl (C=O) groups is 2. The summed E-state index contributed by atoms with van der Waals surface area (Å²) in [7, 11) is 3.34. The molecule has 2 amide bonds. The molecule has 29 heavy (non-hydrogen) atoms. The van der Waals surface area contributed by atoms with Crippen LogP contribution in [0.5, 0.6) is 5.75 Å². The van der Waals surface area contributed by atoms with Gasteiger partial charge in [-0.05, 0) is 48.2 Å². The van der Waals surface area contributed by atoms with Crippen molar-refractivity contribution in [1.29, 1.82) is 0 Å². The summed E-state index contributed by atoms with van der Waals surface area (Å²) in [5.41, 5.74) is 2.97. The Bertz CT molecular complexity index is 1100. The van der Waals surface area contributed by atoms with Gasteiger partial charge in [0, 0.05) is 17.6 Å². The molecule has 0 fully saturated rings. The molecule has 0 radical (unpaired) electrons. The number of anilines is 2. The highest BCUT2D eigenvalue weighted by atomic mass is 32.1. The molecular weight excluding hydrogens is 384 g/mol. The molecule has 2 aromatic carbocycles. The number of rotatable bonds is 5. The third kappa shape index (κ3) is 3.21. The van der Waals surface area contributed by atoms with Gasteiger partial charge in [-0.3, -0.25) is 9.59 Å². The highest BCUT2D eigenvalue weighted by Gasteiger charge is 2.43. The van der Waals surface area contributed by atoms with Crippen LogP contribution in [0.15, 0.2) is 71.7 Å². The number of likely N-dealkylation sites (N-methyl/N-ethyl adjacent to an activating group) is 1. The van der Waals surface area contributed by atoms with Gasteiger partial charge < -0.3 is 9.64 Å². The van der Waals surface area contributed by atoms with Crippen molar-refractivity contribution in [2.75, 3.05) is 24.0 Å². The fraction of sp³-hybridized carbons (Fsp3) is 0.130. The highest BCUT2D eigenvalue weighted by Crippen LogP contribution is 2.40. The quantitative estimate of drug-likeness (QED) is 0.588. The van der Waals surface area contributed by atoms with E-state index in [0.29, 0.717) is 22.7 Å². The van der Waals surface area contributed by atoms with Crippen LogP contribution in [-0.4, -0.2) is 26.0 Å². The second kappa shape index (κ2) is 7.56. The number of aryl methyl sites for hydroxylation is 1. The number of amides is 2. The van der Waals surface area contributed by atoms with Crippen molar-refractivity contribution in [2.45, 2.75) is 6.92 Å². The number of methoxy groups -OCH3 is 1. The number of ether oxygens (including phenoxy) is 1. The zero-order chi connectivity index (χ0) is 20.5. The Morgan fingerprint density at radius 3 is 2.38 bits per heavy atom. The summed E-state index contributed by atoms with van der Waals surface area (Å²) in [5, 5.41) is 1.90. The molecule has 0 aliphatic carbocycles. The van der Waals surface area contributed by atoms with Gasteiger partial charge in [0.15, 0.2) is 0 Å².